The number of halogens is 7. The van der Waals surface area contributed by atoms with E-state index in [1.165, 1.54) is 6.92 Å². The van der Waals surface area contributed by atoms with E-state index >= 15 is 0 Å². The van der Waals surface area contributed by atoms with E-state index in [0.29, 0.717) is 5.56 Å². The van der Waals surface area contributed by atoms with E-state index in [2.05, 4.69) is 27.9 Å². The van der Waals surface area contributed by atoms with Crippen LogP contribution < -0.4 is 5.32 Å². The van der Waals surface area contributed by atoms with Crippen molar-refractivity contribution in [2.75, 3.05) is 4.93 Å². The molecule has 0 aliphatic carbocycles. The van der Waals surface area contributed by atoms with E-state index in [1.54, 1.807) is 37.3 Å². The van der Waals surface area contributed by atoms with Gasteiger partial charge in [-0.25, -0.2) is 0 Å². The van der Waals surface area contributed by atoms with Crippen LogP contribution in [0.15, 0.2) is 30.3 Å². The molecule has 23 heavy (non-hydrogen) atoms. The fraction of sp³-hybridized carbons (Fsp3) is 0.600. The number of benzene rings is 1. The molecule has 2 atom stereocenters. The fourth-order valence-corrected chi connectivity index (χ4v) is 2.25. The Hall–Kier alpha value is -0.510. The highest BCUT2D eigenvalue weighted by Gasteiger charge is 2.59. The lowest BCUT2D eigenvalue weighted by atomic mass is 9.94. The van der Waals surface area contributed by atoms with E-state index in [1.807, 2.05) is 4.93 Å². The third-order valence-electron chi connectivity index (χ3n) is 3.31. The summed E-state index contributed by atoms with van der Waals surface area (Å²) in [6, 6.07) is 6.06. The molecule has 134 valence electrons. The van der Waals surface area contributed by atoms with Gasteiger partial charge in [-0.15, -0.1) is 0 Å². The van der Waals surface area contributed by atoms with Crippen LogP contribution in [-0.2, 0) is 0 Å². The van der Waals surface area contributed by atoms with Crippen LogP contribution in [0.4, 0.5) is 26.3 Å². The van der Waals surface area contributed by atoms with Gasteiger partial charge in [-0.2, -0.15) is 26.3 Å². The maximum atomic E-state index is 12.7. The molecule has 0 fully saturated rings. The van der Waals surface area contributed by atoms with E-state index in [4.69, 9.17) is 0 Å². The second-order valence-corrected chi connectivity index (χ2v) is 4.87. The molecule has 8 heteroatoms. The first-order chi connectivity index (χ1) is 10.6. The minimum absolute atomic E-state index is 0.277. The Labute approximate surface area is 146 Å². The minimum Gasteiger partial charge on any atom is -0.306 e. The molecule has 0 bridgehead atoms. The zero-order valence-electron chi connectivity index (χ0n) is 13.0. The first-order valence-corrected chi connectivity index (χ1v) is 9.05. The predicted octanol–water partition coefficient (Wildman–Crippen LogP) is 5.91. The van der Waals surface area contributed by atoms with Crippen LogP contribution in [0.5, 0.6) is 0 Å². The zero-order valence-corrected chi connectivity index (χ0v) is 15.1. The van der Waals surface area contributed by atoms with E-state index in [0.717, 1.165) is 0 Å². The van der Waals surface area contributed by atoms with Crippen LogP contribution >= 0.6 is 22.6 Å². The summed E-state index contributed by atoms with van der Waals surface area (Å²) in [5, 5.41) is 2.46. The molecular formula is C15H20F6IN. The molecule has 0 radical (unpaired) electrons. The Kier molecular flexibility index (Phi) is 9.49. The lowest BCUT2D eigenvalue weighted by molar-refractivity contribution is -0.292. The third kappa shape index (κ3) is 7.28. The van der Waals surface area contributed by atoms with Gasteiger partial charge in [-0.05, 0) is 23.8 Å². The van der Waals surface area contributed by atoms with Gasteiger partial charge in [-0.1, -0.05) is 59.8 Å². The Bertz CT molecular complexity index is 418. The first-order valence-electron chi connectivity index (χ1n) is 6.89. The summed E-state index contributed by atoms with van der Waals surface area (Å²) >= 11 is 2.15. The van der Waals surface area contributed by atoms with Crippen molar-refractivity contribution in [3.8, 4) is 0 Å². The van der Waals surface area contributed by atoms with Gasteiger partial charge in [0.15, 0.2) is 5.92 Å². The van der Waals surface area contributed by atoms with Gasteiger partial charge in [0.2, 0.25) is 0 Å². The fourth-order valence-electron chi connectivity index (χ4n) is 2.25. The second-order valence-electron chi connectivity index (χ2n) is 4.87. The van der Waals surface area contributed by atoms with E-state index in [-0.39, 0.29) is 6.42 Å². The summed E-state index contributed by atoms with van der Waals surface area (Å²) in [7, 11) is 0. The zero-order chi connectivity index (χ0) is 18.3. The van der Waals surface area contributed by atoms with E-state index in [9.17, 15) is 26.3 Å². The van der Waals surface area contributed by atoms with Crippen molar-refractivity contribution < 1.29 is 26.3 Å². The van der Waals surface area contributed by atoms with Crippen molar-refractivity contribution in [2.24, 2.45) is 5.92 Å². The normalized spacial score (nSPS) is 14.9. The van der Waals surface area contributed by atoms with Gasteiger partial charge in [0, 0.05) is 12.1 Å². The largest absolute Gasteiger partial charge is 0.401 e. The molecule has 0 unspecified atom stereocenters. The van der Waals surface area contributed by atoms with Gasteiger partial charge < -0.3 is 5.32 Å². The second kappa shape index (κ2) is 9.71. The van der Waals surface area contributed by atoms with Crippen LogP contribution in [0.25, 0.3) is 0 Å². The monoisotopic (exact) mass is 455 g/mol. The van der Waals surface area contributed by atoms with Crippen LogP contribution in [-0.4, -0.2) is 23.3 Å². The lowest BCUT2D eigenvalue weighted by Crippen LogP contribution is -2.51. The van der Waals surface area contributed by atoms with Crippen molar-refractivity contribution in [2.45, 2.75) is 44.7 Å². The van der Waals surface area contributed by atoms with Crippen LogP contribution in [0.1, 0.15) is 31.9 Å². The highest BCUT2D eigenvalue weighted by molar-refractivity contribution is 14.1. The van der Waals surface area contributed by atoms with Gasteiger partial charge in [0.05, 0.1) is 0 Å². The van der Waals surface area contributed by atoms with Crippen molar-refractivity contribution in [3.05, 3.63) is 35.9 Å². The van der Waals surface area contributed by atoms with Crippen molar-refractivity contribution >= 4 is 22.6 Å². The summed E-state index contributed by atoms with van der Waals surface area (Å²) in [6.07, 6.45) is -10.9. The lowest BCUT2D eigenvalue weighted by Gasteiger charge is -2.32. The van der Waals surface area contributed by atoms with Crippen LogP contribution in [0.3, 0.4) is 0 Å². The average molecular weight is 455 g/mol. The molecule has 0 aliphatic rings. The van der Waals surface area contributed by atoms with Gasteiger partial charge >= 0.3 is 12.4 Å². The summed E-state index contributed by atoms with van der Waals surface area (Å²) in [5.41, 5.74) is 0.638. The number of rotatable bonds is 5. The molecule has 1 nitrogen and oxygen atoms in total. The highest BCUT2D eigenvalue weighted by atomic mass is 127. The third-order valence-corrected chi connectivity index (χ3v) is 3.31. The summed E-state index contributed by atoms with van der Waals surface area (Å²) in [4.78, 5) is 1.97. The van der Waals surface area contributed by atoms with E-state index < -0.39 is 30.4 Å². The molecule has 0 aromatic heterocycles. The molecule has 0 aliphatic heterocycles. The number of nitrogens with one attached hydrogen (secondary N) is 1. The standard InChI is InChI=1S/C14H17F6N.CH3I/c1-3-11(12(13(15,16)17)14(18,19)20)21-9(2)10-7-5-4-6-8-10;1-2/h4-9,11-12,21H,3H2,1-2H3;1H3/t9-,11-;/m1./s1. The molecule has 1 aromatic carbocycles. The molecule has 0 heterocycles. The molecule has 1 rings (SSSR count). The molecule has 0 amide bonds. The van der Waals surface area contributed by atoms with Crippen LogP contribution in [0.2, 0.25) is 0 Å². The summed E-state index contributed by atoms with van der Waals surface area (Å²) in [6.45, 7) is 2.85. The number of hydrogen-bond acceptors (Lipinski definition) is 1. The molecule has 0 saturated heterocycles. The van der Waals surface area contributed by atoms with Crippen molar-refractivity contribution in [3.63, 3.8) is 0 Å². The summed E-state index contributed by atoms with van der Waals surface area (Å²) in [5.74, 6) is -3.37. The molecule has 0 saturated carbocycles. The Morgan fingerprint density at radius 3 is 1.74 bits per heavy atom. The van der Waals surface area contributed by atoms with Gasteiger partial charge in [0.25, 0.3) is 0 Å². The quantitative estimate of drug-likeness (QED) is 0.331. The Balaban J connectivity index is 0.00000232. The maximum Gasteiger partial charge on any atom is 0.401 e. The minimum atomic E-state index is -5.33. The van der Waals surface area contributed by atoms with Gasteiger partial charge in [-0.3, -0.25) is 0 Å². The highest BCUT2D eigenvalue weighted by Crippen LogP contribution is 2.42. The molecule has 0 spiro atoms. The molecular weight excluding hydrogens is 435 g/mol. The van der Waals surface area contributed by atoms with Crippen molar-refractivity contribution in [1.82, 2.24) is 5.32 Å². The predicted molar refractivity (Wildman–Crippen MR) is 87.6 cm³/mol. The maximum absolute atomic E-state index is 12.7. The number of alkyl halides is 7. The molecule has 1 N–H and O–H groups in total. The summed E-state index contributed by atoms with van der Waals surface area (Å²) < 4.78 is 76.5. The van der Waals surface area contributed by atoms with Gasteiger partial charge in [0.1, 0.15) is 0 Å². The number of hydrogen-bond donors (Lipinski definition) is 1. The topological polar surface area (TPSA) is 12.0 Å². The molecule has 1 aromatic rings. The average Bonchev–Trinajstić information content (AvgIpc) is 2.46. The Morgan fingerprint density at radius 2 is 1.39 bits per heavy atom. The van der Waals surface area contributed by atoms with Crippen molar-refractivity contribution in [1.29, 1.82) is 0 Å². The SMILES string of the molecule is CC[C@@H](N[C@H](C)c1ccccc1)C(C(F)(F)F)C(F)(F)F.CI. The first kappa shape index (κ1) is 22.5. The smallest absolute Gasteiger partial charge is 0.306 e. The Morgan fingerprint density at radius 1 is 0.957 bits per heavy atom. The van der Waals surface area contributed by atoms with Crippen LogP contribution in [0, 0.1) is 5.92 Å².